The molecule has 98 valence electrons. The molecule has 3 rings (SSSR count). The number of thiophene rings is 1. The number of hydrogen-bond acceptors (Lipinski definition) is 2. The Balaban J connectivity index is 2.31. The van der Waals surface area contributed by atoms with Gasteiger partial charge >= 0.3 is 6.36 Å². The molecule has 0 N–H and O–H groups in total. The van der Waals surface area contributed by atoms with Crippen LogP contribution in [0.1, 0.15) is 0 Å². The van der Waals surface area contributed by atoms with Crippen LogP contribution in [-0.2, 0) is 0 Å². The number of halogens is 4. The Morgan fingerprint density at radius 1 is 0.947 bits per heavy atom. The highest BCUT2D eigenvalue weighted by molar-refractivity contribution is 14.1. The van der Waals surface area contributed by atoms with Gasteiger partial charge < -0.3 is 4.74 Å². The fourth-order valence-corrected chi connectivity index (χ4v) is 3.95. The summed E-state index contributed by atoms with van der Waals surface area (Å²) in [6.45, 7) is 0. The topological polar surface area (TPSA) is 9.23 Å². The van der Waals surface area contributed by atoms with Crippen molar-refractivity contribution < 1.29 is 17.9 Å². The first-order valence-electron chi connectivity index (χ1n) is 5.31. The zero-order valence-electron chi connectivity index (χ0n) is 9.29. The van der Waals surface area contributed by atoms with Crippen LogP contribution in [0.25, 0.3) is 20.2 Å². The smallest absolute Gasteiger partial charge is 0.404 e. The summed E-state index contributed by atoms with van der Waals surface area (Å²) in [5.41, 5.74) is 0. The predicted octanol–water partition coefficient (Wildman–Crippen LogP) is 5.56. The second kappa shape index (κ2) is 4.52. The van der Waals surface area contributed by atoms with Gasteiger partial charge in [-0.25, -0.2) is 0 Å². The molecule has 1 nitrogen and oxygen atoms in total. The Morgan fingerprint density at radius 3 is 2.26 bits per heavy atom. The van der Waals surface area contributed by atoms with Gasteiger partial charge in [-0.3, -0.25) is 0 Å². The quantitative estimate of drug-likeness (QED) is 0.492. The van der Waals surface area contributed by atoms with E-state index in [1.54, 1.807) is 6.07 Å². The molecule has 0 spiro atoms. The van der Waals surface area contributed by atoms with Crippen molar-refractivity contribution in [2.45, 2.75) is 6.36 Å². The first-order valence-corrected chi connectivity index (χ1v) is 7.21. The van der Waals surface area contributed by atoms with Gasteiger partial charge in [-0.05, 0) is 34.7 Å². The molecule has 1 aromatic heterocycles. The minimum atomic E-state index is -4.67. The van der Waals surface area contributed by atoms with E-state index in [0.29, 0.717) is 4.70 Å². The van der Waals surface area contributed by atoms with E-state index in [0.717, 1.165) is 19.0 Å². The van der Waals surface area contributed by atoms with E-state index in [1.165, 1.54) is 17.4 Å². The average Bonchev–Trinajstić information content (AvgIpc) is 2.69. The minimum Gasteiger partial charge on any atom is -0.404 e. The minimum absolute atomic E-state index is 0.137. The van der Waals surface area contributed by atoms with E-state index in [-0.39, 0.29) is 5.75 Å². The predicted molar refractivity (Wildman–Crippen MR) is 78.7 cm³/mol. The molecule has 0 aliphatic rings. The van der Waals surface area contributed by atoms with Crippen LogP contribution in [-0.4, -0.2) is 6.36 Å². The molecule has 0 saturated carbocycles. The largest absolute Gasteiger partial charge is 0.573 e. The molecule has 0 fully saturated rings. The molecule has 0 aliphatic carbocycles. The summed E-state index contributed by atoms with van der Waals surface area (Å²) in [5.74, 6) is -0.137. The van der Waals surface area contributed by atoms with Gasteiger partial charge in [0.15, 0.2) is 0 Å². The number of ether oxygens (including phenoxy) is 1. The molecule has 3 aromatic rings. The van der Waals surface area contributed by atoms with Crippen molar-refractivity contribution in [1.29, 1.82) is 0 Å². The van der Waals surface area contributed by atoms with Crippen LogP contribution in [0, 0.1) is 3.57 Å². The summed E-state index contributed by atoms with van der Waals surface area (Å²) in [6, 6.07) is 10.5. The Hall–Kier alpha value is -1.02. The maximum absolute atomic E-state index is 12.4. The number of rotatable bonds is 1. The lowest BCUT2D eigenvalue weighted by Gasteiger charge is -2.09. The monoisotopic (exact) mass is 394 g/mol. The fraction of sp³-hybridized carbons (Fsp3) is 0.0769. The lowest BCUT2D eigenvalue weighted by Crippen LogP contribution is -2.17. The first-order chi connectivity index (χ1) is 8.96. The van der Waals surface area contributed by atoms with Gasteiger partial charge in [0, 0.05) is 19.0 Å². The number of benzene rings is 2. The summed E-state index contributed by atoms with van der Waals surface area (Å²) < 4.78 is 43.8. The average molecular weight is 394 g/mol. The van der Waals surface area contributed by atoms with E-state index < -0.39 is 6.36 Å². The number of alkyl halides is 3. The molecule has 0 saturated heterocycles. The Morgan fingerprint density at radius 2 is 1.58 bits per heavy atom. The molecule has 0 atom stereocenters. The maximum Gasteiger partial charge on any atom is 0.573 e. The molecule has 19 heavy (non-hydrogen) atoms. The van der Waals surface area contributed by atoms with Crippen molar-refractivity contribution in [3.8, 4) is 5.75 Å². The molecular weight excluding hydrogens is 388 g/mol. The van der Waals surface area contributed by atoms with Crippen LogP contribution in [0.5, 0.6) is 5.75 Å². The van der Waals surface area contributed by atoms with Gasteiger partial charge in [-0.1, -0.05) is 24.3 Å². The van der Waals surface area contributed by atoms with Gasteiger partial charge in [0.05, 0.1) is 4.70 Å². The van der Waals surface area contributed by atoms with Crippen LogP contribution in [0.2, 0.25) is 0 Å². The summed E-state index contributed by atoms with van der Waals surface area (Å²) in [4.78, 5) is 0. The van der Waals surface area contributed by atoms with Crippen molar-refractivity contribution in [1.82, 2.24) is 0 Å². The fourth-order valence-electron chi connectivity index (χ4n) is 1.96. The van der Waals surface area contributed by atoms with Crippen LogP contribution in [0.4, 0.5) is 13.2 Å². The zero-order valence-corrected chi connectivity index (χ0v) is 12.3. The Bertz CT molecular complexity index is 763. The summed E-state index contributed by atoms with van der Waals surface area (Å²) in [7, 11) is 0. The van der Waals surface area contributed by atoms with Crippen LogP contribution >= 0.6 is 33.9 Å². The van der Waals surface area contributed by atoms with Crippen molar-refractivity contribution in [2.75, 3.05) is 0 Å². The van der Waals surface area contributed by atoms with Crippen molar-refractivity contribution in [3.05, 3.63) is 40.0 Å². The molecule has 0 radical (unpaired) electrons. The third kappa shape index (κ3) is 2.38. The number of hydrogen-bond donors (Lipinski definition) is 0. The molecule has 0 bridgehead atoms. The third-order valence-corrected chi connectivity index (χ3v) is 5.20. The highest BCUT2D eigenvalue weighted by Crippen LogP contribution is 2.42. The maximum atomic E-state index is 12.4. The van der Waals surface area contributed by atoms with Gasteiger partial charge in [0.25, 0.3) is 0 Å². The molecule has 0 aliphatic heterocycles. The molecule has 0 amide bonds. The highest BCUT2D eigenvalue weighted by atomic mass is 127. The molecule has 6 heteroatoms. The van der Waals surface area contributed by atoms with Crippen molar-refractivity contribution in [2.24, 2.45) is 0 Å². The van der Waals surface area contributed by atoms with E-state index >= 15 is 0 Å². The highest BCUT2D eigenvalue weighted by Gasteiger charge is 2.32. The molecule has 1 heterocycles. The molecule has 0 unspecified atom stereocenters. The lowest BCUT2D eigenvalue weighted by atomic mass is 10.1. The van der Waals surface area contributed by atoms with Gasteiger partial charge in [-0.2, -0.15) is 0 Å². The van der Waals surface area contributed by atoms with E-state index in [4.69, 9.17) is 0 Å². The molecule has 2 aromatic carbocycles. The van der Waals surface area contributed by atoms with Crippen molar-refractivity contribution >= 4 is 54.1 Å². The van der Waals surface area contributed by atoms with Crippen molar-refractivity contribution in [3.63, 3.8) is 0 Å². The third-order valence-electron chi connectivity index (χ3n) is 2.67. The lowest BCUT2D eigenvalue weighted by molar-refractivity contribution is -0.274. The van der Waals surface area contributed by atoms with Crippen LogP contribution in [0.3, 0.4) is 0 Å². The summed E-state index contributed by atoms with van der Waals surface area (Å²) in [5, 5.41) is 1.75. The SMILES string of the molecule is FC(F)(F)Oc1cccc2c1sc1c(I)cccc12. The van der Waals surface area contributed by atoms with Gasteiger partial charge in [-0.15, -0.1) is 24.5 Å². The van der Waals surface area contributed by atoms with E-state index in [2.05, 4.69) is 27.3 Å². The Kier molecular flexibility index (Phi) is 3.09. The summed E-state index contributed by atoms with van der Waals surface area (Å²) in [6.07, 6.45) is -4.67. The van der Waals surface area contributed by atoms with E-state index in [1.807, 2.05) is 24.3 Å². The van der Waals surface area contributed by atoms with E-state index in [9.17, 15) is 13.2 Å². The first kappa shape index (κ1) is 13.0. The number of fused-ring (bicyclic) bond motifs is 3. The van der Waals surface area contributed by atoms with Gasteiger partial charge in [0.1, 0.15) is 5.75 Å². The van der Waals surface area contributed by atoms with Crippen LogP contribution in [0.15, 0.2) is 36.4 Å². The van der Waals surface area contributed by atoms with Gasteiger partial charge in [0.2, 0.25) is 0 Å². The molecular formula is C13H6F3IOS. The standard InChI is InChI=1S/C13H6F3IOS/c14-13(15,16)18-10-6-2-4-8-7-3-1-5-9(17)11(7)19-12(8)10/h1-6H. The summed E-state index contributed by atoms with van der Waals surface area (Å²) >= 11 is 3.50. The second-order valence-corrected chi connectivity index (χ2v) is 6.08. The second-order valence-electron chi connectivity index (χ2n) is 3.90. The Labute approximate surface area is 124 Å². The normalized spacial score (nSPS) is 12.2. The van der Waals surface area contributed by atoms with Crippen LogP contribution < -0.4 is 4.74 Å². The zero-order chi connectivity index (χ0) is 13.6.